The maximum Gasteiger partial charge on any atom is 0.256 e. The van der Waals surface area contributed by atoms with Crippen molar-refractivity contribution in [2.75, 3.05) is 26.8 Å². The van der Waals surface area contributed by atoms with Gasteiger partial charge in [0, 0.05) is 20.2 Å². The first-order valence-corrected chi connectivity index (χ1v) is 7.95. The summed E-state index contributed by atoms with van der Waals surface area (Å²) in [6.07, 6.45) is 3.75. The summed E-state index contributed by atoms with van der Waals surface area (Å²) in [4.78, 5) is 18.7. The van der Waals surface area contributed by atoms with E-state index in [0.717, 1.165) is 23.9 Å². The van der Waals surface area contributed by atoms with Crippen LogP contribution >= 0.6 is 0 Å². The van der Waals surface area contributed by atoms with Crippen molar-refractivity contribution in [3.8, 4) is 0 Å². The number of aliphatic hydroxyl groups is 1. The number of carbonyl (C=O) groups is 1. The van der Waals surface area contributed by atoms with E-state index in [0.29, 0.717) is 13.1 Å². The van der Waals surface area contributed by atoms with Crippen LogP contribution in [0.25, 0.3) is 11.0 Å². The Hall–Kier alpha value is -1.92. The fourth-order valence-corrected chi connectivity index (χ4v) is 3.32. The molecule has 6 nitrogen and oxygen atoms in total. The molecule has 23 heavy (non-hydrogen) atoms. The molecule has 1 aliphatic heterocycles. The molecule has 2 aromatic rings. The van der Waals surface area contributed by atoms with Gasteiger partial charge in [-0.1, -0.05) is 12.1 Å². The third-order valence-corrected chi connectivity index (χ3v) is 4.44. The minimum Gasteiger partial charge on any atom is -0.381 e. The summed E-state index contributed by atoms with van der Waals surface area (Å²) in [6.45, 7) is 2.76. The number of likely N-dealkylation sites (tertiary alicyclic amines) is 1. The highest BCUT2D eigenvalue weighted by molar-refractivity contribution is 5.85. The number of benzene rings is 1. The summed E-state index contributed by atoms with van der Waals surface area (Å²) in [6, 6.07) is 8.18. The molecule has 0 bridgehead atoms. The molecule has 2 unspecified atom stereocenters. The van der Waals surface area contributed by atoms with E-state index >= 15 is 0 Å². The Labute approximate surface area is 135 Å². The van der Waals surface area contributed by atoms with Crippen molar-refractivity contribution in [2.45, 2.75) is 31.4 Å². The lowest BCUT2D eigenvalue weighted by molar-refractivity contribution is -0.156. The first-order chi connectivity index (χ1) is 11.0. The number of aromatic nitrogens is 2. The molecule has 0 spiro atoms. The zero-order valence-corrected chi connectivity index (χ0v) is 13.6. The normalized spacial score (nSPS) is 21.3. The maximum atomic E-state index is 12.6. The van der Waals surface area contributed by atoms with E-state index in [1.165, 1.54) is 14.0 Å². The van der Waals surface area contributed by atoms with Crippen LogP contribution in [-0.4, -0.2) is 57.9 Å². The molecule has 3 rings (SSSR count). The lowest BCUT2D eigenvalue weighted by Gasteiger charge is -2.37. The topological polar surface area (TPSA) is 67.6 Å². The van der Waals surface area contributed by atoms with Gasteiger partial charge in [0.15, 0.2) is 5.60 Å². The number of piperidine rings is 1. The molecular weight excluding hydrogens is 294 g/mol. The predicted molar refractivity (Wildman–Crippen MR) is 87.1 cm³/mol. The smallest absolute Gasteiger partial charge is 0.256 e. The lowest BCUT2D eigenvalue weighted by Crippen LogP contribution is -2.52. The molecular formula is C17H23N3O3. The van der Waals surface area contributed by atoms with Gasteiger partial charge >= 0.3 is 0 Å². The van der Waals surface area contributed by atoms with Crippen LogP contribution in [0.15, 0.2) is 30.6 Å². The first-order valence-electron chi connectivity index (χ1n) is 7.95. The fourth-order valence-electron chi connectivity index (χ4n) is 3.32. The molecule has 124 valence electrons. The Morgan fingerprint density at radius 1 is 1.48 bits per heavy atom. The van der Waals surface area contributed by atoms with E-state index < -0.39 is 5.60 Å². The van der Waals surface area contributed by atoms with Gasteiger partial charge in [0.1, 0.15) is 0 Å². The molecule has 0 saturated carbocycles. The molecule has 1 amide bonds. The first kappa shape index (κ1) is 16.0. The van der Waals surface area contributed by atoms with Crippen LogP contribution in [-0.2, 0) is 9.53 Å². The van der Waals surface area contributed by atoms with Crippen molar-refractivity contribution in [3.63, 3.8) is 0 Å². The third-order valence-electron chi connectivity index (χ3n) is 4.44. The molecule has 1 aliphatic rings. The number of imidazole rings is 1. The molecule has 6 heteroatoms. The largest absolute Gasteiger partial charge is 0.381 e. The van der Waals surface area contributed by atoms with E-state index in [-0.39, 0.29) is 18.6 Å². The van der Waals surface area contributed by atoms with E-state index in [2.05, 4.69) is 9.55 Å². The van der Waals surface area contributed by atoms with Crippen LogP contribution in [0.5, 0.6) is 0 Å². The Bertz CT molecular complexity index is 695. The summed E-state index contributed by atoms with van der Waals surface area (Å²) in [5.41, 5.74) is 0.561. The molecule has 1 aromatic heterocycles. The summed E-state index contributed by atoms with van der Waals surface area (Å²) in [5.74, 6) is -0.270. The predicted octanol–water partition coefficient (Wildman–Crippen LogP) is 1.60. The van der Waals surface area contributed by atoms with Crippen molar-refractivity contribution in [3.05, 3.63) is 30.6 Å². The van der Waals surface area contributed by atoms with Gasteiger partial charge in [-0.25, -0.2) is 4.98 Å². The number of carbonyl (C=O) groups excluding carboxylic acids is 1. The Morgan fingerprint density at radius 2 is 2.26 bits per heavy atom. The quantitative estimate of drug-likeness (QED) is 0.930. The van der Waals surface area contributed by atoms with Crippen LogP contribution in [0.4, 0.5) is 0 Å². The van der Waals surface area contributed by atoms with Gasteiger partial charge in [-0.15, -0.1) is 0 Å². The number of methoxy groups -OCH3 is 1. The lowest BCUT2D eigenvalue weighted by atomic mass is 10.0. The van der Waals surface area contributed by atoms with Crippen LogP contribution in [0.1, 0.15) is 25.8 Å². The number of hydrogen-bond donors (Lipinski definition) is 1. The highest BCUT2D eigenvalue weighted by Gasteiger charge is 2.37. The molecule has 1 fully saturated rings. The highest BCUT2D eigenvalue weighted by atomic mass is 16.5. The highest BCUT2D eigenvalue weighted by Crippen LogP contribution is 2.27. The van der Waals surface area contributed by atoms with Crippen molar-refractivity contribution in [1.82, 2.24) is 14.5 Å². The summed E-state index contributed by atoms with van der Waals surface area (Å²) >= 11 is 0. The second-order valence-electron chi connectivity index (χ2n) is 6.39. The third kappa shape index (κ3) is 3.09. The Kier molecular flexibility index (Phi) is 4.37. The number of hydrogen-bond acceptors (Lipinski definition) is 4. The van der Waals surface area contributed by atoms with Gasteiger partial charge in [-0.2, -0.15) is 0 Å². The number of ether oxygens (including phenoxy) is 1. The molecule has 0 radical (unpaired) electrons. The Morgan fingerprint density at radius 3 is 3.04 bits per heavy atom. The van der Waals surface area contributed by atoms with Gasteiger partial charge in [-0.3, -0.25) is 4.79 Å². The van der Waals surface area contributed by atoms with Crippen LogP contribution in [0, 0.1) is 0 Å². The van der Waals surface area contributed by atoms with E-state index in [4.69, 9.17) is 4.74 Å². The number of amides is 1. The van der Waals surface area contributed by atoms with Crippen LogP contribution < -0.4 is 0 Å². The van der Waals surface area contributed by atoms with Crippen molar-refractivity contribution < 1.29 is 14.6 Å². The number of nitrogens with zero attached hydrogens (tertiary/aromatic N) is 3. The summed E-state index contributed by atoms with van der Waals surface area (Å²) in [5, 5.41) is 10.3. The minimum atomic E-state index is -1.48. The second-order valence-corrected chi connectivity index (χ2v) is 6.39. The minimum absolute atomic E-state index is 0.000998. The fraction of sp³-hybridized carbons (Fsp3) is 0.529. The second kappa shape index (κ2) is 6.29. The van der Waals surface area contributed by atoms with E-state index in [1.54, 1.807) is 4.90 Å². The average Bonchev–Trinajstić information content (AvgIpc) is 2.98. The van der Waals surface area contributed by atoms with Gasteiger partial charge < -0.3 is 19.3 Å². The molecule has 1 N–H and O–H groups in total. The van der Waals surface area contributed by atoms with Gasteiger partial charge in [0.2, 0.25) is 0 Å². The Balaban J connectivity index is 1.80. The molecule has 2 heterocycles. The zero-order chi connectivity index (χ0) is 16.4. The van der Waals surface area contributed by atoms with Crippen molar-refractivity contribution >= 4 is 16.9 Å². The number of para-hydroxylation sites is 2. The van der Waals surface area contributed by atoms with E-state index in [9.17, 15) is 9.90 Å². The van der Waals surface area contributed by atoms with Crippen LogP contribution in [0.2, 0.25) is 0 Å². The molecule has 1 aromatic carbocycles. The molecule has 2 atom stereocenters. The monoisotopic (exact) mass is 317 g/mol. The van der Waals surface area contributed by atoms with Crippen molar-refractivity contribution in [2.24, 2.45) is 0 Å². The number of rotatable bonds is 4. The van der Waals surface area contributed by atoms with Gasteiger partial charge in [0.25, 0.3) is 5.91 Å². The molecule has 0 aliphatic carbocycles. The summed E-state index contributed by atoms with van der Waals surface area (Å²) < 4.78 is 7.10. The van der Waals surface area contributed by atoms with Crippen LogP contribution in [0.3, 0.4) is 0 Å². The maximum absolute atomic E-state index is 12.6. The van der Waals surface area contributed by atoms with Crippen molar-refractivity contribution in [1.29, 1.82) is 0 Å². The van der Waals surface area contributed by atoms with Gasteiger partial charge in [0.05, 0.1) is 30.0 Å². The van der Waals surface area contributed by atoms with Gasteiger partial charge in [-0.05, 0) is 31.9 Å². The molecule has 1 saturated heterocycles. The SMILES string of the molecule is COCC(C)(O)C(=O)N1CCCC(n2cnc3ccccc32)C1. The summed E-state index contributed by atoms with van der Waals surface area (Å²) in [7, 11) is 1.48. The zero-order valence-electron chi connectivity index (χ0n) is 13.6. The standard InChI is InChI=1S/C17H23N3O3/c1-17(22,11-23-2)16(21)19-9-5-6-13(10-19)20-12-18-14-7-3-4-8-15(14)20/h3-4,7-8,12-13,22H,5-6,9-11H2,1-2H3. The average molecular weight is 317 g/mol. The number of fused-ring (bicyclic) bond motifs is 1. The van der Waals surface area contributed by atoms with E-state index in [1.807, 2.05) is 30.6 Å².